The predicted molar refractivity (Wildman–Crippen MR) is 121 cm³/mol. The largest absolute Gasteiger partial charge is 0.448 e. The van der Waals surface area contributed by atoms with Crippen LogP contribution in [0.5, 0.6) is 0 Å². The topological polar surface area (TPSA) is 77.1 Å². The Bertz CT molecular complexity index is 1380. The van der Waals surface area contributed by atoms with E-state index in [0.29, 0.717) is 34.6 Å². The highest BCUT2D eigenvalue weighted by Crippen LogP contribution is 2.34. The van der Waals surface area contributed by atoms with Gasteiger partial charge >= 0.3 is 6.18 Å². The second-order valence-electron chi connectivity index (χ2n) is 7.36. The molecule has 33 heavy (non-hydrogen) atoms. The van der Waals surface area contributed by atoms with Gasteiger partial charge in [-0.15, -0.1) is 0 Å². The summed E-state index contributed by atoms with van der Waals surface area (Å²) in [6, 6.07) is 11.9. The normalized spacial score (nSPS) is 11.9. The van der Waals surface area contributed by atoms with E-state index in [9.17, 15) is 22.8 Å². The third-order valence-corrected chi connectivity index (χ3v) is 6.00. The molecule has 0 atom stereocenters. The Morgan fingerprint density at radius 1 is 1.15 bits per heavy atom. The summed E-state index contributed by atoms with van der Waals surface area (Å²) in [5.41, 5.74) is -0.525. The lowest BCUT2D eigenvalue weighted by atomic mass is 10.1. The fourth-order valence-electron chi connectivity index (χ4n) is 3.43. The number of alkyl halides is 3. The van der Waals surface area contributed by atoms with Crippen LogP contribution in [0.3, 0.4) is 0 Å². The molecule has 0 saturated carbocycles. The molecule has 0 spiro atoms. The van der Waals surface area contributed by atoms with Crippen LogP contribution in [0.4, 0.5) is 18.9 Å². The van der Waals surface area contributed by atoms with E-state index >= 15 is 0 Å². The van der Waals surface area contributed by atoms with Crippen LogP contribution in [0.2, 0.25) is 0 Å². The van der Waals surface area contributed by atoms with Crippen molar-refractivity contribution in [2.45, 2.75) is 37.6 Å². The van der Waals surface area contributed by atoms with E-state index in [0.717, 1.165) is 24.2 Å². The second kappa shape index (κ2) is 9.30. The third kappa shape index (κ3) is 4.75. The van der Waals surface area contributed by atoms with Crippen molar-refractivity contribution in [3.63, 3.8) is 0 Å². The Hall–Kier alpha value is -3.27. The molecular weight excluding hydrogens is 455 g/mol. The number of hydrogen-bond donors (Lipinski definition) is 1. The molecule has 1 amide bonds. The minimum absolute atomic E-state index is 0.139. The molecule has 0 fully saturated rings. The summed E-state index contributed by atoms with van der Waals surface area (Å²) in [6.07, 6.45) is -3.04. The van der Waals surface area contributed by atoms with Gasteiger partial charge in [0.05, 0.1) is 17.0 Å². The molecule has 4 aromatic rings. The molecule has 0 unspecified atom stereocenters. The number of anilines is 1. The average molecular weight is 475 g/mol. The molecule has 172 valence electrons. The molecule has 6 nitrogen and oxygen atoms in total. The Balaban J connectivity index is 1.63. The number of furan rings is 1. The number of amides is 1. The van der Waals surface area contributed by atoms with Crippen LogP contribution in [-0.2, 0) is 17.5 Å². The van der Waals surface area contributed by atoms with E-state index in [1.165, 1.54) is 22.8 Å². The van der Waals surface area contributed by atoms with Crippen LogP contribution < -0.4 is 10.9 Å². The van der Waals surface area contributed by atoms with Gasteiger partial charge in [-0.05, 0) is 30.7 Å². The summed E-state index contributed by atoms with van der Waals surface area (Å²) in [7, 11) is 0. The highest BCUT2D eigenvalue weighted by molar-refractivity contribution is 7.99. The van der Waals surface area contributed by atoms with Crippen LogP contribution >= 0.6 is 11.8 Å². The first-order valence-electron chi connectivity index (χ1n) is 10.3. The number of unbranched alkanes of at least 4 members (excludes halogenated alkanes) is 1. The van der Waals surface area contributed by atoms with E-state index in [-0.39, 0.29) is 22.6 Å². The highest BCUT2D eigenvalue weighted by atomic mass is 32.2. The first-order valence-corrected chi connectivity index (χ1v) is 11.3. The first-order chi connectivity index (χ1) is 15.8. The van der Waals surface area contributed by atoms with Crippen molar-refractivity contribution < 1.29 is 22.4 Å². The zero-order valence-corrected chi connectivity index (χ0v) is 18.4. The van der Waals surface area contributed by atoms with Crippen molar-refractivity contribution >= 4 is 45.4 Å². The van der Waals surface area contributed by atoms with Crippen molar-refractivity contribution in [2.75, 3.05) is 11.1 Å². The number of rotatable bonds is 7. The molecule has 0 radical (unpaired) electrons. The summed E-state index contributed by atoms with van der Waals surface area (Å²) in [5.74, 6) is -0.850. The van der Waals surface area contributed by atoms with Crippen molar-refractivity contribution in [3.8, 4) is 0 Å². The number of nitrogens with one attached hydrogen (secondary N) is 1. The molecular formula is C23H20F3N3O3S. The molecule has 0 bridgehead atoms. The molecule has 1 N–H and O–H groups in total. The van der Waals surface area contributed by atoms with Gasteiger partial charge < -0.3 is 9.73 Å². The van der Waals surface area contributed by atoms with E-state index in [2.05, 4.69) is 10.3 Å². The minimum Gasteiger partial charge on any atom is -0.448 e. The molecule has 0 aliphatic rings. The Morgan fingerprint density at radius 2 is 1.88 bits per heavy atom. The van der Waals surface area contributed by atoms with Gasteiger partial charge in [0.15, 0.2) is 5.16 Å². The Labute approximate surface area is 190 Å². The summed E-state index contributed by atoms with van der Waals surface area (Å²) < 4.78 is 46.8. The van der Waals surface area contributed by atoms with E-state index in [4.69, 9.17) is 4.42 Å². The van der Waals surface area contributed by atoms with Crippen LogP contribution in [0.25, 0.3) is 22.1 Å². The smallest absolute Gasteiger partial charge is 0.418 e. The molecule has 2 heterocycles. The number of benzene rings is 2. The molecule has 2 aromatic heterocycles. The van der Waals surface area contributed by atoms with Gasteiger partial charge in [-0.1, -0.05) is 49.4 Å². The maximum Gasteiger partial charge on any atom is 0.418 e. The van der Waals surface area contributed by atoms with E-state index in [1.807, 2.05) is 6.92 Å². The number of hydrogen-bond acceptors (Lipinski definition) is 5. The van der Waals surface area contributed by atoms with Crippen LogP contribution in [0.15, 0.2) is 62.9 Å². The summed E-state index contributed by atoms with van der Waals surface area (Å²) in [6.45, 7) is 2.37. The minimum atomic E-state index is -4.59. The molecule has 4 rings (SSSR count). The van der Waals surface area contributed by atoms with Crippen LogP contribution in [0, 0.1) is 0 Å². The Morgan fingerprint density at radius 3 is 2.64 bits per heavy atom. The zero-order valence-electron chi connectivity index (χ0n) is 17.6. The number of carbonyl (C=O) groups is 1. The summed E-state index contributed by atoms with van der Waals surface area (Å²) in [4.78, 5) is 30.2. The molecule has 2 aromatic carbocycles. The van der Waals surface area contributed by atoms with Gasteiger partial charge in [-0.3, -0.25) is 14.2 Å². The van der Waals surface area contributed by atoms with Gasteiger partial charge in [0.2, 0.25) is 11.5 Å². The van der Waals surface area contributed by atoms with Gasteiger partial charge in [0.1, 0.15) is 11.1 Å². The van der Waals surface area contributed by atoms with Crippen molar-refractivity contribution in [2.24, 2.45) is 0 Å². The number of aromatic nitrogens is 2. The fourth-order valence-corrected chi connectivity index (χ4v) is 4.25. The molecule has 0 saturated heterocycles. The molecule has 0 aliphatic carbocycles. The zero-order chi connectivity index (χ0) is 23.6. The van der Waals surface area contributed by atoms with E-state index < -0.39 is 17.6 Å². The molecule has 10 heteroatoms. The number of carbonyl (C=O) groups excluding carboxylic acids is 1. The van der Waals surface area contributed by atoms with Crippen molar-refractivity contribution in [3.05, 3.63) is 64.4 Å². The number of thioether (sulfide) groups is 1. The van der Waals surface area contributed by atoms with Gasteiger partial charge in [-0.25, -0.2) is 4.98 Å². The third-order valence-electron chi connectivity index (χ3n) is 5.02. The predicted octanol–water partition coefficient (Wildman–Crippen LogP) is 5.69. The lowest BCUT2D eigenvalue weighted by molar-refractivity contribution is -0.137. The number of nitrogens with zero attached hydrogens (tertiary/aromatic N) is 2. The first kappa shape index (κ1) is 22.9. The lowest BCUT2D eigenvalue weighted by Gasteiger charge is -2.14. The summed E-state index contributed by atoms with van der Waals surface area (Å²) >= 11 is 0.996. The van der Waals surface area contributed by atoms with Crippen LogP contribution in [-0.4, -0.2) is 21.2 Å². The van der Waals surface area contributed by atoms with Gasteiger partial charge in [0, 0.05) is 11.9 Å². The average Bonchev–Trinajstić information content (AvgIpc) is 3.16. The SMILES string of the molecule is CCCCn1c(SCC(=O)Nc2ccccc2C(F)(F)F)nc2c(oc3ccccc32)c1=O. The number of para-hydroxylation sites is 2. The van der Waals surface area contributed by atoms with Crippen molar-refractivity contribution in [1.82, 2.24) is 9.55 Å². The second-order valence-corrected chi connectivity index (χ2v) is 8.30. The monoisotopic (exact) mass is 475 g/mol. The maximum atomic E-state index is 13.2. The van der Waals surface area contributed by atoms with Gasteiger partial charge in [-0.2, -0.15) is 13.2 Å². The number of halogens is 3. The quantitative estimate of drug-likeness (QED) is 0.274. The highest BCUT2D eigenvalue weighted by Gasteiger charge is 2.33. The fraction of sp³-hybridized carbons (Fsp3) is 0.261. The lowest BCUT2D eigenvalue weighted by Crippen LogP contribution is -2.24. The Kier molecular flexibility index (Phi) is 6.46. The van der Waals surface area contributed by atoms with Crippen LogP contribution in [0.1, 0.15) is 25.3 Å². The molecule has 0 aliphatic heterocycles. The maximum absolute atomic E-state index is 13.2. The van der Waals surface area contributed by atoms with Gasteiger partial charge in [0.25, 0.3) is 5.56 Å². The number of fused-ring (bicyclic) bond motifs is 3. The standard InChI is InChI=1S/C23H20F3N3O3S/c1-2-3-12-29-21(31)20-19(14-8-4-7-11-17(14)32-20)28-22(29)33-13-18(30)27-16-10-6-5-9-15(16)23(24,25)26/h4-11H,2-3,12-13H2,1H3,(H,27,30). The van der Waals surface area contributed by atoms with Crippen molar-refractivity contribution in [1.29, 1.82) is 0 Å². The summed E-state index contributed by atoms with van der Waals surface area (Å²) in [5, 5.41) is 3.30. The van der Waals surface area contributed by atoms with E-state index in [1.54, 1.807) is 24.3 Å².